The van der Waals surface area contributed by atoms with E-state index in [9.17, 15) is 39.6 Å². The van der Waals surface area contributed by atoms with E-state index in [2.05, 4.69) is 5.32 Å². The highest BCUT2D eigenvalue weighted by molar-refractivity contribution is 5.83. The highest BCUT2D eigenvalue weighted by Gasteiger charge is 2.54. The second kappa shape index (κ2) is 23.9. The molecule has 3 saturated heterocycles. The number of ether oxygens (including phenoxy) is 7. The number of hydrogen-bond acceptors (Lipinski definition) is 16. The third kappa shape index (κ3) is 13.8. The van der Waals surface area contributed by atoms with Crippen LogP contribution in [0.2, 0.25) is 0 Å². The molecule has 64 heavy (non-hydrogen) atoms. The maximum atomic E-state index is 14.2. The normalized spacial score (nSPS) is 42.6. The number of likely N-dealkylation sites (N-methyl/N-ethyl adjacent to an activating group) is 1. The molecule has 8 N–H and O–H groups in total. The fourth-order valence-electron chi connectivity index (χ4n) is 9.42. The Morgan fingerprint density at radius 3 is 1.97 bits per heavy atom. The van der Waals surface area contributed by atoms with Crippen LogP contribution in [0.4, 0.5) is 4.79 Å². The molecular formula is C45H83N3O16. The van der Waals surface area contributed by atoms with Crippen LogP contribution in [-0.4, -0.2) is 173 Å². The van der Waals surface area contributed by atoms with Crippen LogP contribution in [0.1, 0.15) is 115 Å². The fourth-order valence-corrected chi connectivity index (χ4v) is 9.42. The largest absolute Gasteiger partial charge is 0.480 e. The number of carboxylic acid groups (broad SMARTS) is 1. The van der Waals surface area contributed by atoms with Crippen LogP contribution < -0.4 is 11.1 Å². The Morgan fingerprint density at radius 1 is 0.906 bits per heavy atom. The number of hydrogen-bond donors (Lipinski definition) is 7. The van der Waals surface area contributed by atoms with Gasteiger partial charge in [0, 0.05) is 44.4 Å². The van der Waals surface area contributed by atoms with E-state index in [0.29, 0.717) is 12.8 Å². The zero-order chi connectivity index (χ0) is 49.4. The van der Waals surface area contributed by atoms with Crippen molar-refractivity contribution in [3.63, 3.8) is 0 Å². The van der Waals surface area contributed by atoms with E-state index in [-0.39, 0.29) is 43.1 Å². The van der Waals surface area contributed by atoms with E-state index in [4.69, 9.17) is 44.0 Å². The summed E-state index contributed by atoms with van der Waals surface area (Å²) in [5.41, 5.74) is 0.566. The van der Waals surface area contributed by atoms with E-state index in [1.165, 1.54) is 21.1 Å². The topological polar surface area (TPSA) is 275 Å². The lowest BCUT2D eigenvalue weighted by atomic mass is 9.74. The van der Waals surface area contributed by atoms with Crippen LogP contribution in [0.5, 0.6) is 0 Å². The van der Waals surface area contributed by atoms with Crippen molar-refractivity contribution in [2.24, 2.45) is 35.3 Å². The van der Waals surface area contributed by atoms with Crippen molar-refractivity contribution in [1.82, 2.24) is 10.2 Å². The van der Waals surface area contributed by atoms with Crippen molar-refractivity contribution in [2.45, 2.75) is 205 Å². The molecule has 0 aliphatic carbocycles. The van der Waals surface area contributed by atoms with E-state index >= 15 is 0 Å². The Bertz CT molecular complexity index is 1520. The standard InChI is InChI=1S/C38H69NO13.C7H14N2O3/c1-15-26-38(10,45)31(42)21(4)28(40)19(2)17-37(9,47-14)33(52-35-29(41)25(39(11)12)16-20(3)48-35)22(5)30(23(6)34(44)50-26)51-27-18-36(8,46-13)32(43)24(7)49-27;1-3-4(2)5(6(10)11)9-7(8)12/h19-27,29-33,35,41-43,45H,15-18H2,1-14H3;4-5H,3H2,1-2H3,(H,10,11)(H3,8,9,12)/t19-,20-,21+,22+,23-,24+,25+,26-,27+,29-,30+,31-,32+,33-,35+,36-,37-,38-;/m1./s1. The molecule has 19 heteroatoms. The lowest BCUT2D eigenvalue weighted by molar-refractivity contribution is -0.319. The number of aliphatic hydroxyl groups is 4. The molecule has 0 aromatic rings. The van der Waals surface area contributed by atoms with Gasteiger partial charge >= 0.3 is 18.0 Å². The summed E-state index contributed by atoms with van der Waals surface area (Å²) in [5, 5.41) is 56.4. The first kappa shape index (κ1) is 57.6. The van der Waals surface area contributed by atoms with Gasteiger partial charge in [0.1, 0.15) is 35.7 Å². The molecule has 0 spiro atoms. The van der Waals surface area contributed by atoms with Gasteiger partial charge in [-0.25, -0.2) is 9.59 Å². The average Bonchev–Trinajstić information content (AvgIpc) is 3.23. The van der Waals surface area contributed by atoms with E-state index in [0.717, 1.165) is 0 Å². The van der Waals surface area contributed by atoms with Crippen LogP contribution in [0.3, 0.4) is 0 Å². The lowest BCUT2D eigenvalue weighted by Gasteiger charge is -2.50. The molecule has 0 radical (unpaired) electrons. The summed E-state index contributed by atoms with van der Waals surface area (Å²) in [6.45, 7) is 20.6. The molecular weight excluding hydrogens is 838 g/mol. The average molecular weight is 922 g/mol. The number of methoxy groups -OCH3 is 2. The molecule has 19 nitrogen and oxygen atoms in total. The lowest BCUT2D eigenvalue weighted by Crippen LogP contribution is -2.61. The molecule has 0 saturated carbocycles. The van der Waals surface area contributed by atoms with Gasteiger partial charge < -0.3 is 74.6 Å². The van der Waals surface area contributed by atoms with Crippen LogP contribution >= 0.6 is 0 Å². The number of carbonyl (C=O) groups is 4. The molecule has 2 amide bonds. The van der Waals surface area contributed by atoms with Crippen LogP contribution in [0.25, 0.3) is 0 Å². The molecule has 3 aliphatic heterocycles. The SMILES string of the molecule is CCC(C)C(NC(N)=O)C(=O)O.CC[C@H]1OC(=O)[C@H](C)[C@@H](O[C@H]2C[C@@](C)(OC)[C@@H](O)[C@H](C)O2)[C@H](C)[C@@H](O[C@@H]2O[C@H](C)C[C@H](N(C)C)[C@H]2O)[C@](C)(OC)C[C@@H](C)C(=O)[C@H](C)[C@@H](O)[C@]1(C)O. The number of nitrogens with one attached hydrogen (secondary N) is 1. The van der Waals surface area contributed by atoms with Gasteiger partial charge in [-0.3, -0.25) is 9.59 Å². The van der Waals surface area contributed by atoms with Gasteiger partial charge in [0.15, 0.2) is 12.6 Å². The summed E-state index contributed by atoms with van der Waals surface area (Å²) in [4.78, 5) is 51.0. The summed E-state index contributed by atoms with van der Waals surface area (Å²) in [5.74, 6) is -5.64. The Kier molecular flexibility index (Phi) is 21.5. The number of carboxylic acids is 1. The Morgan fingerprint density at radius 2 is 1.48 bits per heavy atom. The van der Waals surface area contributed by atoms with Gasteiger partial charge in [-0.2, -0.15) is 0 Å². The van der Waals surface area contributed by atoms with Gasteiger partial charge in [0.05, 0.1) is 47.6 Å². The Balaban J connectivity index is 0.00000102. The van der Waals surface area contributed by atoms with Gasteiger partial charge in [0.25, 0.3) is 0 Å². The number of primary amides is 1. The summed E-state index contributed by atoms with van der Waals surface area (Å²) < 4.78 is 43.9. The summed E-state index contributed by atoms with van der Waals surface area (Å²) in [6.07, 6.45) is -8.05. The van der Waals surface area contributed by atoms with Crippen LogP contribution in [-0.2, 0) is 47.5 Å². The minimum Gasteiger partial charge on any atom is -0.480 e. The number of nitrogens with two attached hydrogens (primary N) is 1. The first-order valence-electron chi connectivity index (χ1n) is 22.7. The van der Waals surface area contributed by atoms with Gasteiger partial charge in [-0.15, -0.1) is 0 Å². The number of urea groups is 1. The molecule has 0 bridgehead atoms. The van der Waals surface area contributed by atoms with E-state index in [1.54, 1.807) is 55.4 Å². The number of aliphatic hydroxyl groups excluding tert-OH is 3. The van der Waals surface area contributed by atoms with Crippen molar-refractivity contribution in [3.8, 4) is 0 Å². The molecule has 0 aromatic carbocycles. The molecule has 2 unspecified atom stereocenters. The van der Waals surface area contributed by atoms with Crippen molar-refractivity contribution in [2.75, 3.05) is 28.3 Å². The van der Waals surface area contributed by atoms with E-state index < -0.39 is 120 Å². The number of ketones is 1. The zero-order valence-electron chi connectivity index (χ0n) is 41.1. The third-order valence-electron chi connectivity index (χ3n) is 14.0. The second-order valence-corrected chi connectivity index (χ2v) is 19.3. The quantitative estimate of drug-likeness (QED) is 0.139. The number of amides is 2. The molecule has 3 aliphatic rings. The number of esters is 1. The maximum Gasteiger partial charge on any atom is 0.326 e. The van der Waals surface area contributed by atoms with Crippen LogP contribution in [0.15, 0.2) is 0 Å². The van der Waals surface area contributed by atoms with Gasteiger partial charge in [0.2, 0.25) is 0 Å². The number of nitrogens with zero attached hydrogens (tertiary/aromatic N) is 1. The van der Waals surface area contributed by atoms with Crippen LogP contribution in [0, 0.1) is 29.6 Å². The molecule has 0 aromatic heterocycles. The molecule has 3 heterocycles. The van der Waals surface area contributed by atoms with Crippen molar-refractivity contribution in [1.29, 1.82) is 0 Å². The number of aliphatic carboxylic acids is 1. The first-order chi connectivity index (χ1) is 29.5. The number of rotatable bonds is 12. The second-order valence-electron chi connectivity index (χ2n) is 19.3. The number of Topliss-reactive ketones (excluding diaryl/α,β-unsaturated/α-hetero) is 1. The van der Waals surface area contributed by atoms with Crippen molar-refractivity contribution < 1.29 is 77.9 Å². The Hall–Kier alpha value is -2.56. The maximum absolute atomic E-state index is 14.2. The molecule has 374 valence electrons. The van der Waals surface area contributed by atoms with Gasteiger partial charge in [-0.1, -0.05) is 48.0 Å². The predicted molar refractivity (Wildman–Crippen MR) is 235 cm³/mol. The smallest absolute Gasteiger partial charge is 0.326 e. The predicted octanol–water partition coefficient (Wildman–Crippen LogP) is 2.59. The van der Waals surface area contributed by atoms with Crippen molar-refractivity contribution in [3.05, 3.63) is 0 Å². The first-order valence-corrected chi connectivity index (χ1v) is 22.7. The molecule has 3 rings (SSSR count). The van der Waals surface area contributed by atoms with Gasteiger partial charge in [-0.05, 0) is 80.8 Å². The summed E-state index contributed by atoms with van der Waals surface area (Å²) in [6, 6.07) is -1.97. The van der Waals surface area contributed by atoms with E-state index in [1.807, 2.05) is 39.8 Å². The summed E-state index contributed by atoms with van der Waals surface area (Å²) >= 11 is 0. The van der Waals surface area contributed by atoms with Crippen molar-refractivity contribution >= 4 is 23.8 Å². The monoisotopic (exact) mass is 922 g/mol. The zero-order valence-corrected chi connectivity index (χ0v) is 41.1. The minimum absolute atomic E-state index is 0.111. The molecule has 3 fully saturated rings. The Labute approximate surface area is 380 Å². The summed E-state index contributed by atoms with van der Waals surface area (Å²) in [7, 11) is 6.77. The molecule has 20 atom stereocenters. The minimum atomic E-state index is -1.96. The third-order valence-corrected chi connectivity index (χ3v) is 14.0. The highest BCUT2D eigenvalue weighted by Crippen LogP contribution is 2.42. The number of cyclic esters (lactones) is 1. The number of carbonyl (C=O) groups excluding carboxylic acids is 3. The highest BCUT2D eigenvalue weighted by atomic mass is 16.7. The fraction of sp³-hybridized carbons (Fsp3) is 0.911.